The van der Waals surface area contributed by atoms with Gasteiger partial charge in [-0.25, -0.2) is 0 Å². The van der Waals surface area contributed by atoms with Gasteiger partial charge in [0.2, 0.25) is 11.8 Å². The number of nitrogens with one attached hydrogen (secondary N) is 1. The number of benzene rings is 1. The van der Waals surface area contributed by atoms with Crippen LogP contribution in [0.4, 0.5) is 0 Å². The molecule has 3 rings (SSSR count). The first-order valence-electron chi connectivity index (χ1n) is 9.68. The van der Waals surface area contributed by atoms with Gasteiger partial charge in [-0.2, -0.15) is 0 Å². The van der Waals surface area contributed by atoms with Gasteiger partial charge < -0.3 is 16.0 Å². The molecule has 0 spiro atoms. The van der Waals surface area contributed by atoms with Gasteiger partial charge in [0.1, 0.15) is 0 Å². The third-order valence-electron chi connectivity index (χ3n) is 5.58. The molecule has 3 N–H and O–H groups in total. The Morgan fingerprint density at radius 2 is 1.81 bits per heavy atom. The monoisotopic (exact) mass is 358 g/mol. The van der Waals surface area contributed by atoms with E-state index >= 15 is 0 Å². The van der Waals surface area contributed by atoms with Crippen molar-refractivity contribution in [1.82, 2.24) is 15.1 Å². The van der Waals surface area contributed by atoms with Crippen molar-refractivity contribution in [2.75, 3.05) is 32.7 Å². The second kappa shape index (κ2) is 9.14. The third kappa shape index (κ3) is 5.29. The minimum atomic E-state index is 0.0329. The zero-order valence-corrected chi connectivity index (χ0v) is 15.4. The molecule has 26 heavy (non-hydrogen) atoms. The highest BCUT2D eigenvalue weighted by Gasteiger charge is 2.29. The second-order valence-electron chi connectivity index (χ2n) is 7.48. The number of hydrogen-bond donors (Lipinski definition) is 2. The van der Waals surface area contributed by atoms with E-state index in [9.17, 15) is 9.59 Å². The lowest BCUT2D eigenvalue weighted by Gasteiger charge is -2.35. The lowest BCUT2D eigenvalue weighted by molar-refractivity contribution is -0.134. The number of nitrogens with zero attached hydrogens (tertiary/aromatic N) is 2. The van der Waals surface area contributed by atoms with Crippen molar-refractivity contribution in [3.63, 3.8) is 0 Å². The molecular weight excluding hydrogens is 328 g/mol. The Morgan fingerprint density at radius 3 is 2.46 bits per heavy atom. The van der Waals surface area contributed by atoms with E-state index in [-0.39, 0.29) is 17.9 Å². The Balaban J connectivity index is 1.35. The lowest BCUT2D eigenvalue weighted by atomic mass is 9.99. The molecule has 2 atom stereocenters. The Bertz CT molecular complexity index is 599. The largest absolute Gasteiger partial charge is 0.351 e. The Morgan fingerprint density at radius 1 is 1.08 bits per heavy atom. The predicted molar refractivity (Wildman–Crippen MR) is 101 cm³/mol. The fourth-order valence-corrected chi connectivity index (χ4v) is 3.88. The summed E-state index contributed by atoms with van der Waals surface area (Å²) >= 11 is 0. The van der Waals surface area contributed by atoms with E-state index in [0.29, 0.717) is 38.5 Å². The highest BCUT2D eigenvalue weighted by Crippen LogP contribution is 2.27. The van der Waals surface area contributed by atoms with Gasteiger partial charge in [-0.05, 0) is 24.3 Å². The van der Waals surface area contributed by atoms with Crippen molar-refractivity contribution < 1.29 is 9.59 Å². The molecule has 142 valence electrons. The van der Waals surface area contributed by atoms with Crippen LogP contribution in [0.2, 0.25) is 0 Å². The summed E-state index contributed by atoms with van der Waals surface area (Å²) in [5, 5.41) is 2.96. The topological polar surface area (TPSA) is 78.7 Å². The van der Waals surface area contributed by atoms with E-state index in [1.165, 1.54) is 0 Å². The van der Waals surface area contributed by atoms with Crippen LogP contribution in [0.1, 0.15) is 31.2 Å². The van der Waals surface area contributed by atoms with Crippen molar-refractivity contribution in [3.8, 4) is 0 Å². The minimum Gasteiger partial charge on any atom is -0.351 e. The molecule has 6 heteroatoms. The number of carbonyl (C=O) groups is 2. The van der Waals surface area contributed by atoms with Gasteiger partial charge in [0.15, 0.2) is 0 Å². The van der Waals surface area contributed by atoms with Crippen molar-refractivity contribution in [3.05, 3.63) is 35.9 Å². The van der Waals surface area contributed by atoms with Gasteiger partial charge in [0.05, 0.1) is 6.54 Å². The van der Waals surface area contributed by atoms with E-state index in [0.717, 1.165) is 37.9 Å². The van der Waals surface area contributed by atoms with Crippen LogP contribution in [-0.4, -0.2) is 60.4 Å². The van der Waals surface area contributed by atoms with E-state index in [4.69, 9.17) is 5.73 Å². The van der Waals surface area contributed by atoms with Crippen LogP contribution in [-0.2, 0) is 16.1 Å². The average Bonchev–Trinajstić information content (AvgIpc) is 3.06. The molecule has 0 bridgehead atoms. The fourth-order valence-electron chi connectivity index (χ4n) is 3.88. The normalized spacial score (nSPS) is 23.8. The van der Waals surface area contributed by atoms with Crippen molar-refractivity contribution >= 4 is 11.8 Å². The summed E-state index contributed by atoms with van der Waals surface area (Å²) in [6.45, 7) is 3.85. The van der Waals surface area contributed by atoms with Crippen LogP contribution in [0.15, 0.2) is 30.3 Å². The second-order valence-corrected chi connectivity index (χ2v) is 7.48. The molecular formula is C20H30N4O2. The van der Waals surface area contributed by atoms with E-state index in [1.807, 2.05) is 35.2 Å². The third-order valence-corrected chi connectivity index (χ3v) is 5.58. The van der Waals surface area contributed by atoms with Crippen LogP contribution >= 0.6 is 0 Å². The molecule has 1 aliphatic carbocycles. The summed E-state index contributed by atoms with van der Waals surface area (Å²) in [4.78, 5) is 28.6. The Labute approximate surface area is 155 Å². The molecule has 0 aromatic heterocycles. The van der Waals surface area contributed by atoms with Gasteiger partial charge in [0.25, 0.3) is 0 Å². The SMILES string of the molecule is N[C@@H]1CCC[C@H]1CC(=O)N1CCN(CC(=O)NCc2ccccc2)CC1. The molecule has 2 aliphatic rings. The smallest absolute Gasteiger partial charge is 0.234 e. The molecule has 0 unspecified atom stereocenters. The van der Waals surface area contributed by atoms with E-state index in [1.54, 1.807) is 0 Å². The maximum absolute atomic E-state index is 12.5. The van der Waals surface area contributed by atoms with Crippen molar-refractivity contribution in [1.29, 1.82) is 0 Å². The molecule has 2 fully saturated rings. The molecule has 1 aromatic rings. The summed E-state index contributed by atoms with van der Waals surface area (Å²) in [7, 11) is 0. The highest BCUT2D eigenvalue weighted by atomic mass is 16.2. The summed E-state index contributed by atoms with van der Waals surface area (Å²) in [5.74, 6) is 0.607. The Kier molecular flexibility index (Phi) is 6.63. The molecule has 6 nitrogen and oxygen atoms in total. The van der Waals surface area contributed by atoms with E-state index < -0.39 is 0 Å². The van der Waals surface area contributed by atoms with Crippen LogP contribution in [0.3, 0.4) is 0 Å². The number of rotatable bonds is 6. The molecule has 0 radical (unpaired) electrons. The number of piperazine rings is 1. The molecule has 1 saturated heterocycles. The maximum atomic E-state index is 12.5. The molecule has 1 heterocycles. The molecule has 1 aromatic carbocycles. The number of amides is 2. The minimum absolute atomic E-state index is 0.0329. The molecule has 2 amide bonds. The summed E-state index contributed by atoms with van der Waals surface area (Å²) in [5.41, 5.74) is 7.18. The molecule has 1 aliphatic heterocycles. The van der Waals surface area contributed by atoms with Crippen LogP contribution in [0.5, 0.6) is 0 Å². The van der Waals surface area contributed by atoms with Crippen molar-refractivity contribution in [2.45, 2.75) is 38.3 Å². The lowest BCUT2D eigenvalue weighted by Crippen LogP contribution is -2.51. The predicted octanol–water partition coefficient (Wildman–Crippen LogP) is 0.965. The first kappa shape index (κ1) is 18.9. The van der Waals surface area contributed by atoms with Crippen LogP contribution in [0, 0.1) is 5.92 Å². The number of nitrogens with two attached hydrogens (primary N) is 1. The fraction of sp³-hybridized carbons (Fsp3) is 0.600. The first-order chi connectivity index (χ1) is 12.6. The van der Waals surface area contributed by atoms with Gasteiger partial charge in [0, 0.05) is 45.2 Å². The van der Waals surface area contributed by atoms with Gasteiger partial charge in [-0.15, -0.1) is 0 Å². The number of hydrogen-bond acceptors (Lipinski definition) is 4. The van der Waals surface area contributed by atoms with Gasteiger partial charge in [-0.1, -0.05) is 36.8 Å². The average molecular weight is 358 g/mol. The zero-order valence-electron chi connectivity index (χ0n) is 15.4. The zero-order chi connectivity index (χ0) is 18.4. The first-order valence-corrected chi connectivity index (χ1v) is 9.68. The van der Waals surface area contributed by atoms with Crippen molar-refractivity contribution in [2.24, 2.45) is 11.7 Å². The summed E-state index contributed by atoms with van der Waals surface area (Å²) in [6, 6.07) is 10.1. The van der Waals surface area contributed by atoms with Crippen LogP contribution < -0.4 is 11.1 Å². The van der Waals surface area contributed by atoms with Crippen LogP contribution in [0.25, 0.3) is 0 Å². The highest BCUT2D eigenvalue weighted by molar-refractivity contribution is 5.78. The van der Waals surface area contributed by atoms with Gasteiger partial charge in [-0.3, -0.25) is 14.5 Å². The quantitative estimate of drug-likeness (QED) is 0.794. The Hall–Kier alpha value is -1.92. The maximum Gasteiger partial charge on any atom is 0.234 e. The summed E-state index contributed by atoms with van der Waals surface area (Å²) < 4.78 is 0. The molecule has 1 saturated carbocycles. The van der Waals surface area contributed by atoms with E-state index in [2.05, 4.69) is 10.2 Å². The summed E-state index contributed by atoms with van der Waals surface area (Å²) in [6.07, 6.45) is 3.85. The standard InChI is InChI=1S/C20H30N4O2/c21-18-8-4-7-17(18)13-20(26)24-11-9-23(10-12-24)15-19(25)22-14-16-5-2-1-3-6-16/h1-3,5-6,17-18H,4,7-15,21H2,(H,22,25)/t17-,18+/m0/s1. The number of carbonyl (C=O) groups excluding carboxylic acids is 2. The van der Waals surface area contributed by atoms with Gasteiger partial charge >= 0.3 is 0 Å².